The predicted octanol–water partition coefficient (Wildman–Crippen LogP) is 2.82. The fraction of sp³-hybridized carbons (Fsp3) is 0.500. The maximum absolute atomic E-state index is 3.97. The molecule has 102 valence electrons. The normalized spacial score (nSPS) is 11.6. The molecule has 0 saturated carbocycles. The van der Waals surface area contributed by atoms with Gasteiger partial charge in [0.1, 0.15) is 0 Å². The van der Waals surface area contributed by atoms with Gasteiger partial charge in [-0.2, -0.15) is 4.68 Å². The molecule has 0 spiro atoms. The Morgan fingerprint density at radius 2 is 2.05 bits per heavy atom. The molecular formula is C14H21N5. The van der Waals surface area contributed by atoms with Crippen molar-refractivity contribution in [2.24, 2.45) is 5.41 Å². The zero-order valence-electron chi connectivity index (χ0n) is 12.0. The number of aryl methyl sites for hydroxylation is 1. The third-order valence-electron chi connectivity index (χ3n) is 2.92. The number of tetrazole rings is 1. The van der Waals surface area contributed by atoms with Crippen LogP contribution in [-0.4, -0.2) is 26.8 Å². The number of hydrogen-bond acceptors (Lipinski definition) is 4. The van der Waals surface area contributed by atoms with E-state index in [1.807, 2.05) is 19.1 Å². The molecule has 0 saturated heterocycles. The van der Waals surface area contributed by atoms with E-state index >= 15 is 0 Å². The number of nitrogens with one attached hydrogen (secondary N) is 1. The minimum absolute atomic E-state index is 0.344. The second-order valence-electron chi connectivity index (χ2n) is 5.93. The summed E-state index contributed by atoms with van der Waals surface area (Å²) in [6.45, 7) is 9.59. The molecule has 0 aliphatic rings. The molecule has 5 nitrogen and oxygen atoms in total. The Bertz CT molecular complexity index is 539. The van der Waals surface area contributed by atoms with Gasteiger partial charge in [-0.15, -0.1) is 5.10 Å². The molecule has 1 aromatic carbocycles. The Kier molecular flexibility index (Phi) is 3.83. The molecule has 0 amide bonds. The van der Waals surface area contributed by atoms with Gasteiger partial charge in [0, 0.05) is 12.2 Å². The molecule has 1 N–H and O–H groups in total. The Labute approximate surface area is 114 Å². The van der Waals surface area contributed by atoms with Gasteiger partial charge in [0.25, 0.3) is 0 Å². The molecule has 1 aromatic heterocycles. The summed E-state index contributed by atoms with van der Waals surface area (Å²) in [4.78, 5) is 0. The highest BCUT2D eigenvalue weighted by Crippen LogP contribution is 2.19. The largest absolute Gasteiger partial charge is 0.385 e. The number of aromatic nitrogens is 4. The minimum atomic E-state index is 0.344. The molecule has 0 aliphatic carbocycles. The Morgan fingerprint density at radius 1 is 1.26 bits per heavy atom. The van der Waals surface area contributed by atoms with Gasteiger partial charge in [0.05, 0.1) is 5.69 Å². The average molecular weight is 259 g/mol. The summed E-state index contributed by atoms with van der Waals surface area (Å²) in [6, 6.07) is 8.13. The van der Waals surface area contributed by atoms with E-state index in [4.69, 9.17) is 0 Å². The van der Waals surface area contributed by atoms with Gasteiger partial charge in [0.15, 0.2) is 5.82 Å². The zero-order chi connectivity index (χ0) is 13.9. The molecule has 0 unspecified atom stereocenters. The van der Waals surface area contributed by atoms with Crippen molar-refractivity contribution in [1.29, 1.82) is 0 Å². The maximum atomic E-state index is 3.97. The highest BCUT2D eigenvalue weighted by molar-refractivity contribution is 5.50. The zero-order valence-corrected chi connectivity index (χ0v) is 12.0. The van der Waals surface area contributed by atoms with Crippen molar-refractivity contribution in [3.63, 3.8) is 0 Å². The van der Waals surface area contributed by atoms with Crippen LogP contribution < -0.4 is 5.32 Å². The smallest absolute Gasteiger partial charge is 0.153 e. The van der Waals surface area contributed by atoms with Gasteiger partial charge in [-0.05, 0) is 47.4 Å². The van der Waals surface area contributed by atoms with Crippen molar-refractivity contribution in [3.05, 3.63) is 30.1 Å². The Hall–Kier alpha value is -1.91. The first kappa shape index (κ1) is 13.5. The lowest BCUT2D eigenvalue weighted by atomic mass is 9.92. The summed E-state index contributed by atoms with van der Waals surface area (Å²) >= 11 is 0. The lowest BCUT2D eigenvalue weighted by Crippen LogP contribution is -2.13. The number of hydrogen-bond donors (Lipinski definition) is 1. The molecule has 0 bridgehead atoms. The van der Waals surface area contributed by atoms with E-state index in [9.17, 15) is 0 Å². The Balaban J connectivity index is 2.06. The number of benzene rings is 1. The highest BCUT2D eigenvalue weighted by atomic mass is 15.5. The van der Waals surface area contributed by atoms with E-state index in [2.05, 4.69) is 53.7 Å². The van der Waals surface area contributed by atoms with Gasteiger partial charge in [-0.1, -0.05) is 26.8 Å². The van der Waals surface area contributed by atoms with Crippen LogP contribution in [0.2, 0.25) is 0 Å². The Morgan fingerprint density at radius 3 is 2.68 bits per heavy atom. The van der Waals surface area contributed by atoms with E-state index in [1.54, 1.807) is 4.68 Å². The van der Waals surface area contributed by atoms with Crippen LogP contribution in [0.25, 0.3) is 5.69 Å². The van der Waals surface area contributed by atoms with Gasteiger partial charge in [-0.3, -0.25) is 0 Å². The van der Waals surface area contributed by atoms with Crippen LogP contribution in [-0.2, 0) is 0 Å². The fourth-order valence-corrected chi connectivity index (χ4v) is 1.80. The van der Waals surface area contributed by atoms with Gasteiger partial charge in [-0.25, -0.2) is 0 Å². The third-order valence-corrected chi connectivity index (χ3v) is 2.92. The van der Waals surface area contributed by atoms with Crippen molar-refractivity contribution in [1.82, 2.24) is 20.2 Å². The number of nitrogens with zero attached hydrogens (tertiary/aromatic N) is 4. The topological polar surface area (TPSA) is 55.6 Å². The SMILES string of the molecule is Cc1nnnn1-c1cccc(NCCC(C)(C)C)c1. The summed E-state index contributed by atoms with van der Waals surface area (Å²) in [7, 11) is 0. The highest BCUT2D eigenvalue weighted by Gasteiger charge is 2.09. The van der Waals surface area contributed by atoms with E-state index in [1.165, 1.54) is 0 Å². The summed E-state index contributed by atoms with van der Waals surface area (Å²) in [5, 5.41) is 15.0. The molecule has 2 aromatic rings. The molecule has 19 heavy (non-hydrogen) atoms. The standard InChI is InChI=1S/C14H21N5/c1-11-16-17-18-19(11)13-7-5-6-12(10-13)15-9-8-14(2,3)4/h5-7,10,15H,8-9H2,1-4H3. The van der Waals surface area contributed by atoms with Crippen LogP contribution >= 0.6 is 0 Å². The number of rotatable bonds is 4. The van der Waals surface area contributed by atoms with Crippen molar-refractivity contribution in [2.75, 3.05) is 11.9 Å². The van der Waals surface area contributed by atoms with Crippen molar-refractivity contribution in [2.45, 2.75) is 34.1 Å². The van der Waals surface area contributed by atoms with Crippen LogP contribution in [0.5, 0.6) is 0 Å². The van der Waals surface area contributed by atoms with Crippen molar-refractivity contribution in [3.8, 4) is 5.69 Å². The third kappa shape index (κ3) is 3.77. The molecule has 0 aliphatic heterocycles. The van der Waals surface area contributed by atoms with Crippen LogP contribution in [0.1, 0.15) is 33.0 Å². The fourth-order valence-electron chi connectivity index (χ4n) is 1.80. The van der Waals surface area contributed by atoms with Crippen molar-refractivity contribution < 1.29 is 0 Å². The van der Waals surface area contributed by atoms with Gasteiger partial charge < -0.3 is 5.32 Å². The molecule has 1 heterocycles. The average Bonchev–Trinajstić information content (AvgIpc) is 2.74. The molecular weight excluding hydrogens is 238 g/mol. The first-order chi connectivity index (χ1) is 8.96. The van der Waals surface area contributed by atoms with Gasteiger partial charge in [0.2, 0.25) is 0 Å². The van der Waals surface area contributed by atoms with E-state index in [-0.39, 0.29) is 0 Å². The first-order valence-corrected chi connectivity index (χ1v) is 6.55. The minimum Gasteiger partial charge on any atom is -0.385 e. The summed E-state index contributed by atoms with van der Waals surface area (Å²) < 4.78 is 1.73. The van der Waals surface area contributed by atoms with Crippen LogP contribution in [0.15, 0.2) is 24.3 Å². The molecule has 0 atom stereocenters. The lowest BCUT2D eigenvalue weighted by Gasteiger charge is -2.18. The molecule has 0 radical (unpaired) electrons. The van der Waals surface area contributed by atoms with Crippen molar-refractivity contribution >= 4 is 5.69 Å². The van der Waals surface area contributed by atoms with E-state index in [0.29, 0.717) is 5.41 Å². The molecule has 0 fully saturated rings. The van der Waals surface area contributed by atoms with Gasteiger partial charge >= 0.3 is 0 Å². The maximum Gasteiger partial charge on any atom is 0.153 e. The summed E-state index contributed by atoms with van der Waals surface area (Å²) in [5.41, 5.74) is 2.41. The number of anilines is 1. The predicted molar refractivity (Wildman–Crippen MR) is 76.5 cm³/mol. The van der Waals surface area contributed by atoms with E-state index < -0.39 is 0 Å². The summed E-state index contributed by atoms with van der Waals surface area (Å²) in [6.07, 6.45) is 1.13. The first-order valence-electron chi connectivity index (χ1n) is 6.55. The molecule has 2 rings (SSSR count). The quantitative estimate of drug-likeness (QED) is 0.917. The second-order valence-corrected chi connectivity index (χ2v) is 5.93. The van der Waals surface area contributed by atoms with Crippen LogP contribution in [0.4, 0.5) is 5.69 Å². The van der Waals surface area contributed by atoms with Crippen LogP contribution in [0, 0.1) is 12.3 Å². The molecule has 5 heteroatoms. The van der Waals surface area contributed by atoms with E-state index in [0.717, 1.165) is 30.2 Å². The van der Waals surface area contributed by atoms with Crippen LogP contribution in [0.3, 0.4) is 0 Å². The second kappa shape index (κ2) is 5.38. The monoisotopic (exact) mass is 259 g/mol. The summed E-state index contributed by atoms with van der Waals surface area (Å²) in [5.74, 6) is 0.784. The lowest BCUT2D eigenvalue weighted by molar-refractivity contribution is 0.390.